The number of hydrogen-bond acceptors (Lipinski definition) is 3. The fourth-order valence-corrected chi connectivity index (χ4v) is 3.82. The second-order valence-electron chi connectivity index (χ2n) is 10.3. The summed E-state index contributed by atoms with van der Waals surface area (Å²) in [5, 5.41) is 3.15. The third kappa shape index (κ3) is 8.74. The maximum Gasteiger partial charge on any atom is 0.223 e. The highest BCUT2D eigenvalue weighted by molar-refractivity contribution is 5.78. The predicted octanol–water partition coefficient (Wildman–Crippen LogP) is 6.84. The smallest absolute Gasteiger partial charge is 0.223 e. The van der Waals surface area contributed by atoms with Gasteiger partial charge in [0, 0.05) is 18.5 Å². The number of rotatable bonds is 12. The van der Waals surface area contributed by atoms with Crippen molar-refractivity contribution in [3.05, 3.63) is 23.8 Å². The summed E-state index contributed by atoms with van der Waals surface area (Å²) in [5.41, 5.74) is 0.791. The van der Waals surface area contributed by atoms with E-state index in [-0.39, 0.29) is 23.0 Å². The number of carbonyl (C=O) groups is 1. The zero-order valence-corrected chi connectivity index (χ0v) is 20.8. The number of aryl methyl sites for hydroxylation is 1. The molecule has 1 fully saturated rings. The molecule has 0 unspecified atom stereocenters. The first kappa shape index (κ1) is 25.5. The van der Waals surface area contributed by atoms with Gasteiger partial charge in [0.05, 0.1) is 0 Å². The van der Waals surface area contributed by atoms with E-state index in [2.05, 4.69) is 65.1 Å². The van der Waals surface area contributed by atoms with Gasteiger partial charge in [-0.15, -0.1) is 0 Å². The van der Waals surface area contributed by atoms with Crippen LogP contribution in [0.25, 0.3) is 0 Å². The van der Waals surface area contributed by atoms with Crippen molar-refractivity contribution in [2.45, 2.75) is 117 Å². The van der Waals surface area contributed by atoms with Crippen molar-refractivity contribution in [2.24, 2.45) is 5.92 Å². The first-order chi connectivity index (χ1) is 14.7. The summed E-state index contributed by atoms with van der Waals surface area (Å²) in [4.78, 5) is 12.3. The molecule has 4 heteroatoms. The second kappa shape index (κ2) is 11.8. The molecule has 2 rings (SSSR count). The van der Waals surface area contributed by atoms with Gasteiger partial charge in [-0.2, -0.15) is 0 Å². The van der Waals surface area contributed by atoms with Gasteiger partial charge in [0.2, 0.25) is 5.91 Å². The van der Waals surface area contributed by atoms with Crippen LogP contribution < -0.4 is 14.8 Å². The van der Waals surface area contributed by atoms with Gasteiger partial charge in [-0.3, -0.25) is 4.79 Å². The zero-order chi connectivity index (χ0) is 22.9. The fraction of sp³-hybridized carbons (Fsp3) is 0.741. The van der Waals surface area contributed by atoms with Crippen LogP contribution in [0.4, 0.5) is 0 Å². The minimum absolute atomic E-state index is 0.199. The molecule has 0 spiro atoms. The van der Waals surface area contributed by atoms with Crippen molar-refractivity contribution in [2.75, 3.05) is 6.54 Å². The number of nitrogens with one attached hydrogen (secondary N) is 1. The number of benzene rings is 1. The molecule has 1 aromatic carbocycles. The number of amides is 1. The number of hydrogen-bond donors (Lipinski definition) is 1. The molecular formula is C27H45NO3. The Kier molecular flexibility index (Phi) is 9.71. The van der Waals surface area contributed by atoms with Crippen molar-refractivity contribution in [3.8, 4) is 11.5 Å². The third-order valence-electron chi connectivity index (χ3n) is 6.67. The van der Waals surface area contributed by atoms with Gasteiger partial charge in [0.25, 0.3) is 0 Å². The molecule has 0 aliphatic heterocycles. The van der Waals surface area contributed by atoms with Crippen LogP contribution in [0.2, 0.25) is 0 Å². The first-order valence-corrected chi connectivity index (χ1v) is 12.4. The SMILES string of the molecule is CCC(C)(C)Oc1ccc(CCCCNC(=O)C2CCCCC2)c(OC(C)(C)CC)c1. The number of ether oxygens (including phenoxy) is 2. The van der Waals surface area contributed by atoms with E-state index in [0.29, 0.717) is 0 Å². The Balaban J connectivity index is 1.92. The van der Waals surface area contributed by atoms with Crippen LogP contribution in [0.1, 0.15) is 105 Å². The van der Waals surface area contributed by atoms with E-state index in [9.17, 15) is 4.79 Å². The molecule has 1 N–H and O–H groups in total. The second-order valence-corrected chi connectivity index (χ2v) is 10.3. The van der Waals surface area contributed by atoms with Gasteiger partial charge in [-0.05, 0) is 84.3 Å². The quantitative estimate of drug-likeness (QED) is 0.369. The Hall–Kier alpha value is -1.71. The Morgan fingerprint density at radius 3 is 2.26 bits per heavy atom. The van der Waals surface area contributed by atoms with Crippen molar-refractivity contribution in [1.82, 2.24) is 5.32 Å². The molecule has 4 nitrogen and oxygen atoms in total. The molecular weight excluding hydrogens is 386 g/mol. The summed E-state index contributed by atoms with van der Waals surface area (Å²) in [6.45, 7) is 13.5. The van der Waals surface area contributed by atoms with Gasteiger partial charge in [-0.1, -0.05) is 39.2 Å². The molecule has 0 atom stereocenters. The molecule has 1 amide bonds. The first-order valence-electron chi connectivity index (χ1n) is 12.4. The van der Waals surface area contributed by atoms with Crippen molar-refractivity contribution in [3.63, 3.8) is 0 Å². The van der Waals surface area contributed by atoms with Crippen LogP contribution in [0, 0.1) is 5.92 Å². The molecule has 0 heterocycles. The van der Waals surface area contributed by atoms with Crippen molar-refractivity contribution >= 4 is 5.91 Å². The van der Waals surface area contributed by atoms with Crippen molar-refractivity contribution < 1.29 is 14.3 Å². The molecule has 176 valence electrons. The molecule has 0 aromatic heterocycles. The summed E-state index contributed by atoms with van der Waals surface area (Å²) in [5.74, 6) is 2.28. The van der Waals surface area contributed by atoms with E-state index in [1.54, 1.807) is 0 Å². The summed E-state index contributed by atoms with van der Waals surface area (Å²) in [7, 11) is 0. The van der Waals surface area contributed by atoms with E-state index in [0.717, 1.165) is 63.0 Å². The average Bonchev–Trinajstić information content (AvgIpc) is 2.75. The van der Waals surface area contributed by atoms with Gasteiger partial charge in [-0.25, -0.2) is 0 Å². The Morgan fingerprint density at radius 2 is 1.61 bits per heavy atom. The van der Waals surface area contributed by atoms with E-state index in [1.165, 1.54) is 24.8 Å². The largest absolute Gasteiger partial charge is 0.488 e. The minimum Gasteiger partial charge on any atom is -0.488 e. The highest BCUT2D eigenvalue weighted by atomic mass is 16.5. The third-order valence-corrected chi connectivity index (χ3v) is 6.67. The Bertz CT molecular complexity index is 690. The molecule has 0 radical (unpaired) electrons. The van der Waals surface area contributed by atoms with Crippen LogP contribution >= 0.6 is 0 Å². The van der Waals surface area contributed by atoms with Gasteiger partial charge in [0.1, 0.15) is 22.7 Å². The van der Waals surface area contributed by atoms with E-state index in [4.69, 9.17) is 9.47 Å². The Morgan fingerprint density at radius 1 is 0.968 bits per heavy atom. The minimum atomic E-state index is -0.221. The summed E-state index contributed by atoms with van der Waals surface area (Å²) in [6, 6.07) is 6.25. The van der Waals surface area contributed by atoms with Crippen LogP contribution in [-0.2, 0) is 11.2 Å². The normalized spacial score (nSPS) is 15.5. The lowest BCUT2D eigenvalue weighted by Crippen LogP contribution is -2.32. The lowest BCUT2D eigenvalue weighted by molar-refractivity contribution is -0.125. The van der Waals surface area contributed by atoms with Crippen LogP contribution in [0.5, 0.6) is 11.5 Å². The molecule has 0 saturated heterocycles. The lowest BCUT2D eigenvalue weighted by Gasteiger charge is -2.29. The zero-order valence-electron chi connectivity index (χ0n) is 20.8. The summed E-state index contributed by atoms with van der Waals surface area (Å²) >= 11 is 0. The maximum atomic E-state index is 12.3. The molecule has 1 aliphatic rings. The molecule has 1 aliphatic carbocycles. The van der Waals surface area contributed by atoms with E-state index in [1.807, 2.05) is 0 Å². The van der Waals surface area contributed by atoms with Crippen LogP contribution in [0.15, 0.2) is 18.2 Å². The average molecular weight is 432 g/mol. The Labute approximate surface area is 190 Å². The molecule has 31 heavy (non-hydrogen) atoms. The van der Waals surface area contributed by atoms with Gasteiger partial charge in [0.15, 0.2) is 0 Å². The highest BCUT2D eigenvalue weighted by Gasteiger charge is 2.22. The summed E-state index contributed by atoms with van der Waals surface area (Å²) in [6.07, 6.45) is 10.6. The predicted molar refractivity (Wildman–Crippen MR) is 129 cm³/mol. The molecule has 0 bridgehead atoms. The summed E-state index contributed by atoms with van der Waals surface area (Å²) < 4.78 is 12.6. The lowest BCUT2D eigenvalue weighted by atomic mass is 9.88. The van der Waals surface area contributed by atoms with E-state index < -0.39 is 0 Å². The van der Waals surface area contributed by atoms with Gasteiger partial charge < -0.3 is 14.8 Å². The van der Waals surface area contributed by atoms with Crippen LogP contribution in [-0.4, -0.2) is 23.7 Å². The van der Waals surface area contributed by atoms with Crippen molar-refractivity contribution in [1.29, 1.82) is 0 Å². The number of carbonyl (C=O) groups excluding carboxylic acids is 1. The molecule has 1 aromatic rings. The number of unbranched alkanes of at least 4 members (excludes halogenated alkanes) is 1. The van der Waals surface area contributed by atoms with Crippen LogP contribution in [0.3, 0.4) is 0 Å². The molecule has 1 saturated carbocycles. The highest BCUT2D eigenvalue weighted by Crippen LogP contribution is 2.32. The fourth-order valence-electron chi connectivity index (χ4n) is 3.82. The maximum absolute atomic E-state index is 12.3. The monoisotopic (exact) mass is 431 g/mol. The standard InChI is InChI=1S/C27H45NO3/c1-7-26(3,4)30-23-18-17-21(24(20-23)31-27(5,6)8-2)14-12-13-19-28-25(29)22-15-10-9-11-16-22/h17-18,20,22H,7-16,19H2,1-6H3,(H,28,29). The van der Waals surface area contributed by atoms with E-state index >= 15 is 0 Å². The topological polar surface area (TPSA) is 47.6 Å². The van der Waals surface area contributed by atoms with Gasteiger partial charge >= 0.3 is 0 Å².